The Morgan fingerprint density at radius 2 is 2.00 bits per heavy atom. The number of methoxy groups -OCH3 is 1. The molecular weight excluding hydrogens is 325 g/mol. The maximum Gasteiger partial charge on any atom is 0.340 e. The molecule has 6 heteroatoms. The Kier molecular flexibility index (Phi) is 4.14. The largest absolute Gasteiger partial charge is 0.465 e. The fourth-order valence-electron chi connectivity index (χ4n) is 3.51. The lowest BCUT2D eigenvalue weighted by Crippen LogP contribution is -2.35. The molecule has 1 aliphatic heterocycles. The van der Waals surface area contributed by atoms with Gasteiger partial charge in [0.25, 0.3) is 0 Å². The van der Waals surface area contributed by atoms with Crippen molar-refractivity contribution in [2.75, 3.05) is 7.11 Å². The Balaban J connectivity index is 2.24. The van der Waals surface area contributed by atoms with Gasteiger partial charge in [0.1, 0.15) is 17.1 Å². The van der Waals surface area contributed by atoms with E-state index in [2.05, 4.69) is 0 Å². The first-order valence-corrected chi connectivity index (χ1v) is 8.01. The van der Waals surface area contributed by atoms with E-state index in [1.54, 1.807) is 18.2 Å². The lowest BCUT2D eigenvalue weighted by molar-refractivity contribution is -0.136. The first kappa shape index (κ1) is 17.2. The van der Waals surface area contributed by atoms with E-state index in [9.17, 15) is 14.0 Å². The molecule has 0 unspecified atom stereocenters. The number of benzene rings is 1. The van der Waals surface area contributed by atoms with Crippen molar-refractivity contribution in [1.82, 2.24) is 0 Å². The van der Waals surface area contributed by atoms with Gasteiger partial charge in [0, 0.05) is 24.0 Å². The number of ketones is 1. The van der Waals surface area contributed by atoms with Gasteiger partial charge in [-0.15, -0.1) is 0 Å². The zero-order valence-corrected chi connectivity index (χ0v) is 14.4. The Bertz CT molecular complexity index is 822. The molecule has 0 saturated carbocycles. The van der Waals surface area contributed by atoms with Crippen molar-refractivity contribution in [3.63, 3.8) is 0 Å². The molecule has 5 nitrogen and oxygen atoms in total. The van der Waals surface area contributed by atoms with Crippen LogP contribution >= 0.6 is 0 Å². The van der Waals surface area contributed by atoms with E-state index in [0.717, 1.165) is 0 Å². The second kappa shape index (κ2) is 6.02. The number of nitrogens with two attached hydrogens (primary N) is 1. The number of esters is 1. The maximum atomic E-state index is 14.5. The van der Waals surface area contributed by atoms with Crippen LogP contribution in [0.4, 0.5) is 4.39 Å². The highest BCUT2D eigenvalue weighted by Crippen LogP contribution is 2.48. The summed E-state index contributed by atoms with van der Waals surface area (Å²) in [4.78, 5) is 25.1. The molecule has 2 aliphatic rings. The second-order valence-corrected chi connectivity index (χ2v) is 7.10. The third kappa shape index (κ3) is 2.92. The van der Waals surface area contributed by atoms with Gasteiger partial charge in [0.15, 0.2) is 5.78 Å². The quantitative estimate of drug-likeness (QED) is 0.834. The summed E-state index contributed by atoms with van der Waals surface area (Å²) in [5.41, 5.74) is 6.12. The number of hydrogen-bond acceptors (Lipinski definition) is 5. The monoisotopic (exact) mass is 345 g/mol. The molecule has 0 amide bonds. The summed E-state index contributed by atoms with van der Waals surface area (Å²) >= 11 is 0. The smallest absolute Gasteiger partial charge is 0.340 e. The number of rotatable bonds is 2. The van der Waals surface area contributed by atoms with Crippen LogP contribution in [0.2, 0.25) is 0 Å². The van der Waals surface area contributed by atoms with Crippen LogP contribution in [0, 0.1) is 11.2 Å². The van der Waals surface area contributed by atoms with E-state index >= 15 is 0 Å². The minimum absolute atomic E-state index is 0.0422. The topological polar surface area (TPSA) is 78.6 Å². The number of carbonyl (C=O) groups is 2. The molecule has 0 bridgehead atoms. The van der Waals surface area contributed by atoms with E-state index < -0.39 is 17.7 Å². The van der Waals surface area contributed by atoms with Gasteiger partial charge in [-0.05, 0) is 11.5 Å². The molecule has 0 aromatic heterocycles. The maximum absolute atomic E-state index is 14.5. The van der Waals surface area contributed by atoms with E-state index in [0.29, 0.717) is 17.8 Å². The SMILES string of the molecule is COC(=O)C1=C(N)OC2=C(C(=O)CC(C)(C)C2)[C@@H]1c1ccccc1F. The van der Waals surface area contributed by atoms with Gasteiger partial charge in [-0.25, -0.2) is 9.18 Å². The third-order valence-electron chi connectivity index (χ3n) is 4.58. The molecule has 0 saturated heterocycles. The molecule has 1 heterocycles. The van der Waals surface area contributed by atoms with Gasteiger partial charge in [0.05, 0.1) is 13.0 Å². The minimum atomic E-state index is -0.930. The Hall–Kier alpha value is -2.63. The summed E-state index contributed by atoms with van der Waals surface area (Å²) in [6, 6.07) is 6.02. The van der Waals surface area contributed by atoms with Gasteiger partial charge < -0.3 is 15.2 Å². The van der Waals surface area contributed by atoms with E-state index in [-0.39, 0.29) is 34.6 Å². The number of allylic oxidation sites excluding steroid dienone is 2. The predicted octanol–water partition coefficient (Wildman–Crippen LogP) is 2.93. The summed E-state index contributed by atoms with van der Waals surface area (Å²) in [6.45, 7) is 3.90. The summed E-state index contributed by atoms with van der Waals surface area (Å²) in [6.07, 6.45) is 0.767. The van der Waals surface area contributed by atoms with Crippen LogP contribution in [0.1, 0.15) is 38.2 Å². The lowest BCUT2D eigenvalue weighted by Gasteiger charge is -2.37. The fourth-order valence-corrected chi connectivity index (χ4v) is 3.51. The molecule has 0 fully saturated rings. The molecule has 1 aliphatic carbocycles. The van der Waals surface area contributed by atoms with Crippen LogP contribution in [-0.2, 0) is 19.1 Å². The number of Topliss-reactive ketones (excluding diaryl/α,β-unsaturated/α-hetero) is 1. The zero-order valence-electron chi connectivity index (χ0n) is 14.4. The average molecular weight is 345 g/mol. The van der Waals surface area contributed by atoms with Crippen LogP contribution in [0.25, 0.3) is 0 Å². The standard InChI is InChI=1S/C19H20FNO4/c1-19(2)8-12(22)15-13(9-19)25-17(21)16(18(23)24-3)14(15)10-6-4-5-7-11(10)20/h4-7,14H,8-9,21H2,1-3H3/t14-/m0/s1. The van der Waals surface area contributed by atoms with E-state index in [1.165, 1.54) is 13.2 Å². The Labute approximate surface area is 145 Å². The fraction of sp³-hybridized carbons (Fsp3) is 0.368. The highest BCUT2D eigenvalue weighted by atomic mass is 19.1. The summed E-state index contributed by atoms with van der Waals surface area (Å²) < 4.78 is 24.9. The molecule has 25 heavy (non-hydrogen) atoms. The van der Waals surface area contributed by atoms with Crippen molar-refractivity contribution in [2.45, 2.75) is 32.6 Å². The van der Waals surface area contributed by atoms with Gasteiger partial charge >= 0.3 is 5.97 Å². The van der Waals surface area contributed by atoms with Crippen molar-refractivity contribution in [1.29, 1.82) is 0 Å². The van der Waals surface area contributed by atoms with Crippen LogP contribution in [0.5, 0.6) is 0 Å². The van der Waals surface area contributed by atoms with Crippen molar-refractivity contribution in [3.05, 3.63) is 58.4 Å². The Morgan fingerprint density at radius 1 is 1.32 bits per heavy atom. The first-order valence-electron chi connectivity index (χ1n) is 8.01. The molecule has 0 radical (unpaired) electrons. The van der Waals surface area contributed by atoms with Crippen LogP contribution in [0.15, 0.2) is 47.1 Å². The zero-order chi connectivity index (χ0) is 18.4. The van der Waals surface area contributed by atoms with Crippen molar-refractivity contribution < 1.29 is 23.5 Å². The predicted molar refractivity (Wildman–Crippen MR) is 88.5 cm³/mol. The van der Waals surface area contributed by atoms with E-state index in [4.69, 9.17) is 15.2 Å². The number of ether oxygens (including phenoxy) is 2. The van der Waals surface area contributed by atoms with Crippen LogP contribution < -0.4 is 5.73 Å². The second-order valence-electron chi connectivity index (χ2n) is 7.10. The number of carbonyl (C=O) groups excluding carboxylic acids is 2. The molecule has 1 aromatic carbocycles. The number of hydrogen-bond donors (Lipinski definition) is 1. The third-order valence-corrected chi connectivity index (χ3v) is 4.58. The number of halogens is 1. The molecule has 3 rings (SSSR count). The van der Waals surface area contributed by atoms with Crippen LogP contribution in [-0.4, -0.2) is 18.9 Å². The normalized spacial score (nSPS) is 22.4. The van der Waals surface area contributed by atoms with Gasteiger partial charge in [-0.2, -0.15) is 0 Å². The van der Waals surface area contributed by atoms with Crippen molar-refractivity contribution in [3.8, 4) is 0 Å². The van der Waals surface area contributed by atoms with Crippen molar-refractivity contribution in [2.24, 2.45) is 11.1 Å². The highest BCUT2D eigenvalue weighted by Gasteiger charge is 2.45. The van der Waals surface area contributed by atoms with Gasteiger partial charge in [-0.3, -0.25) is 4.79 Å². The molecule has 1 atom stereocenters. The molecule has 1 aromatic rings. The van der Waals surface area contributed by atoms with Crippen LogP contribution in [0.3, 0.4) is 0 Å². The minimum Gasteiger partial charge on any atom is -0.465 e. The summed E-state index contributed by atoms with van der Waals surface area (Å²) in [5.74, 6) is -2.11. The average Bonchev–Trinajstić information content (AvgIpc) is 2.52. The summed E-state index contributed by atoms with van der Waals surface area (Å²) in [5, 5.41) is 0. The van der Waals surface area contributed by atoms with Crippen molar-refractivity contribution >= 4 is 11.8 Å². The molecular formula is C19H20FNO4. The Morgan fingerprint density at radius 3 is 2.64 bits per heavy atom. The highest BCUT2D eigenvalue weighted by molar-refractivity contribution is 6.03. The van der Waals surface area contributed by atoms with Gasteiger partial charge in [-0.1, -0.05) is 32.0 Å². The lowest BCUT2D eigenvalue weighted by atomic mass is 9.70. The van der Waals surface area contributed by atoms with E-state index in [1.807, 2.05) is 13.8 Å². The van der Waals surface area contributed by atoms with Gasteiger partial charge in [0.2, 0.25) is 5.88 Å². The first-order chi connectivity index (χ1) is 11.7. The molecule has 0 spiro atoms. The summed E-state index contributed by atoms with van der Waals surface area (Å²) in [7, 11) is 1.21. The molecule has 2 N–H and O–H groups in total. The molecule has 132 valence electrons.